The fourth-order valence-electron chi connectivity index (χ4n) is 4.43. The fraction of sp³-hybridized carbons (Fsp3) is 0.467. The molecule has 0 aromatic heterocycles. The Morgan fingerprint density at radius 3 is 1.66 bits per heavy atom. The predicted molar refractivity (Wildman–Crippen MR) is 137 cm³/mol. The third-order valence-corrected chi connectivity index (χ3v) is 6.47. The smallest absolute Gasteiger partial charge is 0.210 e. The van der Waals surface area contributed by atoms with E-state index in [1.54, 1.807) is 0 Å². The number of hydrogen-bond acceptors (Lipinski definition) is 0. The average Bonchev–Trinajstić information content (AvgIpc) is 3.15. The van der Waals surface area contributed by atoms with E-state index in [-0.39, 0.29) is 0 Å². The van der Waals surface area contributed by atoms with Gasteiger partial charge in [0.25, 0.3) is 0 Å². The maximum absolute atomic E-state index is 11.3. The van der Waals surface area contributed by atoms with Crippen LogP contribution in [0.3, 0.4) is 0 Å². The number of unbranched alkanes of at least 4 members (excludes halogenated alkanes) is 5. The Balaban J connectivity index is 1.83. The van der Waals surface area contributed by atoms with Gasteiger partial charge in [0, 0.05) is 22.8 Å². The number of nitrogens with zero attached hydrogens (tertiary/aromatic N) is 2. The minimum atomic E-state index is 0.891. The van der Waals surface area contributed by atoms with E-state index in [9.17, 15) is 5.53 Å². The number of allylic oxidation sites excluding steroid dienone is 2. The van der Waals surface area contributed by atoms with Crippen molar-refractivity contribution in [2.24, 2.45) is 0 Å². The van der Waals surface area contributed by atoms with E-state index < -0.39 is 0 Å². The molecule has 2 nitrogen and oxygen atoms in total. The number of benzene rings is 2. The topological polar surface area (TPSA) is 25.3 Å². The van der Waals surface area contributed by atoms with Crippen LogP contribution in [0.25, 0.3) is 16.9 Å². The quantitative estimate of drug-likeness (QED) is 0.224. The van der Waals surface area contributed by atoms with Crippen LogP contribution in [0.15, 0.2) is 60.2 Å². The summed E-state index contributed by atoms with van der Waals surface area (Å²) in [6.45, 7) is 6.71. The molecule has 0 amide bonds. The minimum absolute atomic E-state index is 0.891. The summed E-state index contributed by atoms with van der Waals surface area (Å²) in [5.74, 6) is 0. The van der Waals surface area contributed by atoms with Crippen molar-refractivity contribution in [1.82, 2.24) is 0 Å². The summed E-state index contributed by atoms with van der Waals surface area (Å²) in [7, 11) is 0. The Morgan fingerprint density at radius 1 is 0.594 bits per heavy atom. The van der Waals surface area contributed by atoms with Crippen molar-refractivity contribution in [3.8, 4) is 0 Å². The van der Waals surface area contributed by atoms with Gasteiger partial charge < -0.3 is 5.53 Å². The second-order valence-electron chi connectivity index (χ2n) is 9.13. The predicted octanol–water partition coefficient (Wildman–Crippen LogP) is 9.14. The van der Waals surface area contributed by atoms with Crippen molar-refractivity contribution in [2.45, 2.75) is 91.4 Å². The second kappa shape index (κ2) is 12.5. The van der Waals surface area contributed by atoms with Crippen molar-refractivity contribution >= 4 is 11.4 Å². The lowest BCUT2D eigenvalue weighted by atomic mass is 10.00. The third-order valence-electron chi connectivity index (χ3n) is 6.47. The summed E-state index contributed by atoms with van der Waals surface area (Å²) in [5.41, 5.74) is 19.3. The van der Waals surface area contributed by atoms with Gasteiger partial charge in [0.05, 0.1) is 0 Å². The number of aryl methyl sites for hydroxylation is 2. The Labute approximate surface area is 195 Å². The molecule has 0 saturated carbocycles. The molecule has 0 bridgehead atoms. The molecule has 1 aliphatic rings. The lowest BCUT2D eigenvalue weighted by molar-refractivity contribution is -0.344. The van der Waals surface area contributed by atoms with Crippen LogP contribution in [0.2, 0.25) is 0 Å². The average molecular weight is 429 g/mol. The molecule has 0 N–H and O–H groups in total. The highest BCUT2D eigenvalue weighted by atomic mass is 15.2. The third kappa shape index (κ3) is 6.28. The molecule has 32 heavy (non-hydrogen) atoms. The molecule has 1 heterocycles. The zero-order valence-electron chi connectivity index (χ0n) is 20.4. The van der Waals surface area contributed by atoms with Crippen molar-refractivity contribution in [2.75, 3.05) is 0 Å². The van der Waals surface area contributed by atoms with Crippen molar-refractivity contribution in [3.63, 3.8) is 0 Å². The highest BCUT2D eigenvalue weighted by Crippen LogP contribution is 2.37. The van der Waals surface area contributed by atoms with Gasteiger partial charge in [0.1, 0.15) is 0 Å². The highest BCUT2D eigenvalue weighted by Gasteiger charge is 2.28. The standard InChI is InChI=1S/C30H40N2/c1-4-7-10-11-14-28-23-29(26-19-15-24(16-20-26)12-8-5-2)32(31)30(28)27-21-17-25(18-22-27)13-9-6-3/h15-23H,4-14H2,1-3H3. The first-order valence-electron chi connectivity index (χ1n) is 12.8. The van der Waals surface area contributed by atoms with Gasteiger partial charge in [-0.1, -0.05) is 77.1 Å². The number of hydrogen-bond donors (Lipinski definition) is 0. The van der Waals surface area contributed by atoms with Crippen LogP contribution in [-0.4, -0.2) is 4.70 Å². The molecule has 2 heteroatoms. The summed E-state index contributed by atoms with van der Waals surface area (Å²) in [5, 5.41) is 0. The van der Waals surface area contributed by atoms with Crippen molar-refractivity contribution < 1.29 is 4.70 Å². The SMILES string of the molecule is CCCCCCC1=C(c2ccc(CCCC)cc2)[N+](=[N-])C(c2ccc(CCCC)cc2)=C1. The highest BCUT2D eigenvalue weighted by molar-refractivity contribution is 5.78. The zero-order valence-corrected chi connectivity index (χ0v) is 20.4. The van der Waals surface area contributed by atoms with Gasteiger partial charge in [-0.2, -0.15) is 0 Å². The lowest BCUT2D eigenvalue weighted by Gasteiger charge is -2.11. The van der Waals surface area contributed by atoms with Gasteiger partial charge in [0.15, 0.2) is 0 Å². The minimum Gasteiger partial charge on any atom is -0.493 e. The van der Waals surface area contributed by atoms with Crippen LogP contribution >= 0.6 is 0 Å². The molecule has 0 atom stereocenters. The van der Waals surface area contributed by atoms with Gasteiger partial charge in [-0.3, -0.25) is 0 Å². The first-order chi connectivity index (χ1) is 15.7. The molecule has 0 aliphatic carbocycles. The Kier molecular flexibility index (Phi) is 9.46. The van der Waals surface area contributed by atoms with Gasteiger partial charge in [-0.05, 0) is 73.9 Å². The monoisotopic (exact) mass is 428 g/mol. The molecular weight excluding hydrogens is 388 g/mol. The number of rotatable bonds is 13. The first-order valence-corrected chi connectivity index (χ1v) is 12.8. The van der Waals surface area contributed by atoms with Gasteiger partial charge in [0.2, 0.25) is 11.4 Å². The summed E-state index contributed by atoms with van der Waals surface area (Å²) < 4.78 is 1.43. The lowest BCUT2D eigenvalue weighted by Crippen LogP contribution is -2.02. The van der Waals surface area contributed by atoms with E-state index in [4.69, 9.17) is 0 Å². The molecule has 0 fully saturated rings. The summed E-state index contributed by atoms with van der Waals surface area (Å²) in [4.78, 5) is 0. The fourth-order valence-corrected chi connectivity index (χ4v) is 4.43. The van der Waals surface area contributed by atoms with Crippen molar-refractivity contribution in [3.05, 3.63) is 88.0 Å². The zero-order chi connectivity index (χ0) is 22.8. The van der Waals surface area contributed by atoms with E-state index in [0.717, 1.165) is 48.2 Å². The summed E-state index contributed by atoms with van der Waals surface area (Å²) in [6.07, 6.45) is 15.2. The Bertz CT molecular complexity index is 930. The molecule has 0 saturated heterocycles. The van der Waals surface area contributed by atoms with Gasteiger partial charge in [-0.25, -0.2) is 4.70 Å². The van der Waals surface area contributed by atoms with Crippen molar-refractivity contribution in [1.29, 1.82) is 0 Å². The van der Waals surface area contributed by atoms with E-state index in [1.165, 1.54) is 66.3 Å². The first kappa shape index (κ1) is 24.2. The molecule has 0 spiro atoms. The van der Waals surface area contributed by atoms with Gasteiger partial charge >= 0.3 is 0 Å². The molecule has 2 aromatic rings. The van der Waals surface area contributed by atoms with Crippen LogP contribution in [0, 0.1) is 0 Å². The molecule has 170 valence electrons. The van der Waals surface area contributed by atoms with Crippen LogP contribution in [0.5, 0.6) is 0 Å². The molecule has 2 aromatic carbocycles. The van der Waals surface area contributed by atoms with E-state index in [1.807, 2.05) is 0 Å². The summed E-state index contributed by atoms with van der Waals surface area (Å²) in [6, 6.07) is 17.5. The van der Waals surface area contributed by atoms with E-state index >= 15 is 0 Å². The van der Waals surface area contributed by atoms with Crippen LogP contribution in [0.1, 0.15) is 101 Å². The van der Waals surface area contributed by atoms with Crippen LogP contribution in [0.4, 0.5) is 0 Å². The van der Waals surface area contributed by atoms with E-state index in [0.29, 0.717) is 0 Å². The summed E-state index contributed by atoms with van der Waals surface area (Å²) >= 11 is 0. The molecular formula is C30H40N2. The molecule has 3 rings (SSSR count). The van der Waals surface area contributed by atoms with E-state index in [2.05, 4.69) is 75.4 Å². The molecule has 0 radical (unpaired) electrons. The molecule has 1 aliphatic heterocycles. The maximum atomic E-state index is 11.3. The normalized spacial score (nSPS) is 13.7. The Morgan fingerprint density at radius 2 is 1.12 bits per heavy atom. The van der Waals surface area contributed by atoms with Crippen LogP contribution < -0.4 is 0 Å². The van der Waals surface area contributed by atoms with Crippen LogP contribution in [-0.2, 0) is 12.8 Å². The largest absolute Gasteiger partial charge is 0.493 e. The molecule has 0 unspecified atom stereocenters. The maximum Gasteiger partial charge on any atom is 0.210 e. The Hall–Kier alpha value is -2.48. The van der Waals surface area contributed by atoms with Gasteiger partial charge in [-0.15, -0.1) is 0 Å². The second-order valence-corrected chi connectivity index (χ2v) is 9.13.